The molecule has 3 N–H and O–H groups in total. The van der Waals surface area contributed by atoms with Crippen molar-refractivity contribution in [1.29, 1.82) is 0 Å². The highest BCUT2D eigenvalue weighted by Gasteiger charge is 2.08. The maximum absolute atomic E-state index is 12.2. The lowest BCUT2D eigenvalue weighted by Gasteiger charge is -2.09. The van der Waals surface area contributed by atoms with Crippen LogP contribution in [0.25, 0.3) is 0 Å². The van der Waals surface area contributed by atoms with Crippen LogP contribution in [0.3, 0.4) is 0 Å². The molecule has 0 aliphatic heterocycles. The molecule has 4 nitrogen and oxygen atoms in total. The maximum Gasteiger partial charge on any atom is 0.255 e. The van der Waals surface area contributed by atoms with E-state index in [9.17, 15) is 4.79 Å². The van der Waals surface area contributed by atoms with Gasteiger partial charge >= 0.3 is 0 Å². The number of anilines is 1. The van der Waals surface area contributed by atoms with E-state index < -0.39 is 0 Å². The number of amides is 1. The molecule has 0 aliphatic rings. The van der Waals surface area contributed by atoms with E-state index in [-0.39, 0.29) is 5.91 Å². The van der Waals surface area contributed by atoms with Crippen LogP contribution in [0.5, 0.6) is 5.75 Å². The number of rotatable bonds is 5. The fraction of sp³-hybridized carbons (Fsp3) is 0.133. The molecule has 0 heterocycles. The number of hydrogen-bond acceptors (Lipinski definition) is 3. The van der Waals surface area contributed by atoms with Gasteiger partial charge in [-0.25, -0.2) is 0 Å². The van der Waals surface area contributed by atoms with Gasteiger partial charge < -0.3 is 15.8 Å². The average molecular weight is 370 g/mol. The van der Waals surface area contributed by atoms with Crippen LogP contribution in [-0.2, 0) is 0 Å². The highest BCUT2D eigenvalue weighted by atomic mass is 79.9. The number of nitrogens with two attached hydrogens (primary N) is 1. The molecule has 2 aromatic rings. The van der Waals surface area contributed by atoms with Gasteiger partial charge in [0.15, 0.2) is 0 Å². The van der Waals surface area contributed by atoms with Gasteiger partial charge in [-0.1, -0.05) is 33.6 Å². The van der Waals surface area contributed by atoms with Gasteiger partial charge in [0.2, 0.25) is 0 Å². The van der Waals surface area contributed by atoms with Crippen LogP contribution in [0.4, 0.5) is 5.69 Å². The fourth-order valence-electron chi connectivity index (χ4n) is 1.73. The molecule has 2 rings (SSSR count). The summed E-state index contributed by atoms with van der Waals surface area (Å²) in [6.45, 7) is 0.867. The van der Waals surface area contributed by atoms with E-state index in [0.717, 1.165) is 4.47 Å². The second-order valence-corrected chi connectivity index (χ2v) is 5.63. The molecule has 0 aromatic heterocycles. The van der Waals surface area contributed by atoms with E-state index in [4.69, 9.17) is 22.1 Å². The second kappa shape index (κ2) is 7.45. The standard InChI is InChI=1S/C15H14BrClN2O2/c16-11-6-10(7-12(17)8-11)15(20)19-13-2-1-3-14(9-13)21-5-4-18/h1-3,6-9H,4-5,18H2,(H,19,20). The largest absolute Gasteiger partial charge is 0.492 e. The van der Waals surface area contributed by atoms with Gasteiger partial charge in [0.1, 0.15) is 12.4 Å². The summed E-state index contributed by atoms with van der Waals surface area (Å²) in [6.07, 6.45) is 0. The summed E-state index contributed by atoms with van der Waals surface area (Å²) in [4.78, 5) is 12.2. The van der Waals surface area contributed by atoms with Crippen molar-refractivity contribution in [2.75, 3.05) is 18.5 Å². The molecular formula is C15H14BrClN2O2. The number of carbonyl (C=O) groups is 1. The molecule has 0 unspecified atom stereocenters. The van der Waals surface area contributed by atoms with Gasteiger partial charge in [-0.05, 0) is 30.3 Å². The van der Waals surface area contributed by atoms with E-state index in [1.165, 1.54) is 0 Å². The fourth-order valence-corrected chi connectivity index (χ4v) is 2.59. The number of carbonyl (C=O) groups excluding carboxylic acids is 1. The summed E-state index contributed by atoms with van der Waals surface area (Å²) in [5.41, 5.74) is 6.51. The van der Waals surface area contributed by atoms with Crippen molar-refractivity contribution in [3.8, 4) is 5.75 Å². The van der Waals surface area contributed by atoms with Crippen molar-refractivity contribution < 1.29 is 9.53 Å². The summed E-state index contributed by atoms with van der Waals surface area (Å²) in [6, 6.07) is 12.2. The van der Waals surface area contributed by atoms with Crippen molar-refractivity contribution in [1.82, 2.24) is 0 Å². The Hall–Kier alpha value is -1.56. The van der Waals surface area contributed by atoms with Gasteiger partial charge in [-0.3, -0.25) is 4.79 Å². The Morgan fingerprint density at radius 3 is 2.81 bits per heavy atom. The lowest BCUT2D eigenvalue weighted by molar-refractivity contribution is 0.102. The lowest BCUT2D eigenvalue weighted by Crippen LogP contribution is -2.13. The molecule has 0 fully saturated rings. The van der Waals surface area contributed by atoms with Gasteiger partial charge in [0, 0.05) is 33.4 Å². The van der Waals surface area contributed by atoms with Crippen LogP contribution in [0.1, 0.15) is 10.4 Å². The lowest BCUT2D eigenvalue weighted by atomic mass is 10.2. The highest BCUT2D eigenvalue weighted by molar-refractivity contribution is 9.10. The SMILES string of the molecule is NCCOc1cccc(NC(=O)c2cc(Cl)cc(Br)c2)c1. The summed E-state index contributed by atoms with van der Waals surface area (Å²) < 4.78 is 6.17. The van der Waals surface area contributed by atoms with Gasteiger partial charge in [-0.15, -0.1) is 0 Å². The Morgan fingerprint density at radius 2 is 2.10 bits per heavy atom. The average Bonchev–Trinajstić information content (AvgIpc) is 2.44. The van der Waals surface area contributed by atoms with Crippen molar-refractivity contribution in [2.24, 2.45) is 5.73 Å². The van der Waals surface area contributed by atoms with Crippen LogP contribution in [0.15, 0.2) is 46.9 Å². The van der Waals surface area contributed by atoms with Gasteiger partial charge in [0.25, 0.3) is 5.91 Å². The molecule has 6 heteroatoms. The Bertz CT molecular complexity index is 629. The third kappa shape index (κ3) is 4.74. The molecule has 0 radical (unpaired) electrons. The molecule has 21 heavy (non-hydrogen) atoms. The Kier molecular flexibility index (Phi) is 5.61. The van der Waals surface area contributed by atoms with E-state index in [1.54, 1.807) is 42.5 Å². The first kappa shape index (κ1) is 15.8. The molecule has 0 saturated carbocycles. The van der Waals surface area contributed by atoms with Crippen molar-refractivity contribution in [2.45, 2.75) is 0 Å². The Morgan fingerprint density at radius 1 is 1.29 bits per heavy atom. The topological polar surface area (TPSA) is 64.3 Å². The van der Waals surface area contributed by atoms with Crippen LogP contribution < -0.4 is 15.8 Å². The molecule has 0 atom stereocenters. The zero-order chi connectivity index (χ0) is 15.2. The van der Waals surface area contributed by atoms with E-state index in [1.807, 2.05) is 0 Å². The number of hydrogen-bond donors (Lipinski definition) is 2. The minimum atomic E-state index is -0.242. The molecule has 0 aliphatic carbocycles. The molecule has 110 valence electrons. The van der Waals surface area contributed by atoms with Crippen molar-refractivity contribution in [3.05, 3.63) is 57.5 Å². The number of nitrogens with one attached hydrogen (secondary N) is 1. The van der Waals surface area contributed by atoms with Gasteiger partial charge in [-0.2, -0.15) is 0 Å². The first-order valence-electron chi connectivity index (χ1n) is 6.29. The monoisotopic (exact) mass is 368 g/mol. The predicted molar refractivity (Wildman–Crippen MR) is 88.1 cm³/mol. The molecular weight excluding hydrogens is 356 g/mol. The minimum absolute atomic E-state index is 0.242. The third-order valence-electron chi connectivity index (χ3n) is 2.60. The van der Waals surface area contributed by atoms with E-state index in [0.29, 0.717) is 35.2 Å². The zero-order valence-corrected chi connectivity index (χ0v) is 13.4. The normalized spacial score (nSPS) is 10.2. The second-order valence-electron chi connectivity index (χ2n) is 4.28. The quantitative estimate of drug-likeness (QED) is 0.845. The van der Waals surface area contributed by atoms with Crippen LogP contribution in [0, 0.1) is 0 Å². The number of ether oxygens (including phenoxy) is 1. The van der Waals surface area contributed by atoms with Crippen molar-refractivity contribution in [3.63, 3.8) is 0 Å². The summed E-state index contributed by atoms with van der Waals surface area (Å²) >= 11 is 9.25. The van der Waals surface area contributed by atoms with E-state index >= 15 is 0 Å². The van der Waals surface area contributed by atoms with Gasteiger partial charge in [0.05, 0.1) is 0 Å². The van der Waals surface area contributed by atoms with Crippen LogP contribution in [0.2, 0.25) is 5.02 Å². The predicted octanol–water partition coefficient (Wildman–Crippen LogP) is 3.69. The Labute approximate surface area is 136 Å². The maximum atomic E-state index is 12.2. The molecule has 0 bridgehead atoms. The third-order valence-corrected chi connectivity index (χ3v) is 3.28. The molecule has 1 amide bonds. The highest BCUT2D eigenvalue weighted by Crippen LogP contribution is 2.22. The first-order valence-corrected chi connectivity index (χ1v) is 7.46. The molecule has 0 spiro atoms. The summed E-state index contributed by atoms with van der Waals surface area (Å²) in [5, 5.41) is 3.29. The number of halogens is 2. The summed E-state index contributed by atoms with van der Waals surface area (Å²) in [7, 11) is 0. The minimum Gasteiger partial charge on any atom is -0.492 e. The zero-order valence-electron chi connectivity index (χ0n) is 11.1. The summed E-state index contributed by atoms with van der Waals surface area (Å²) in [5.74, 6) is 0.416. The van der Waals surface area contributed by atoms with Crippen LogP contribution in [-0.4, -0.2) is 19.1 Å². The smallest absolute Gasteiger partial charge is 0.255 e. The Balaban J connectivity index is 2.11. The van der Waals surface area contributed by atoms with E-state index in [2.05, 4.69) is 21.2 Å². The molecule has 2 aromatic carbocycles. The van der Waals surface area contributed by atoms with Crippen molar-refractivity contribution >= 4 is 39.1 Å². The number of benzene rings is 2. The molecule has 0 saturated heterocycles. The van der Waals surface area contributed by atoms with Crippen LogP contribution >= 0.6 is 27.5 Å². The first-order chi connectivity index (χ1) is 10.1.